The van der Waals surface area contributed by atoms with E-state index in [1.165, 1.54) is 25.7 Å². The molecule has 0 aliphatic carbocycles. The predicted octanol–water partition coefficient (Wildman–Crippen LogP) is 2.46. The van der Waals surface area contributed by atoms with E-state index in [4.69, 9.17) is 4.74 Å². The number of hydrogen-bond donors (Lipinski definition) is 1. The van der Waals surface area contributed by atoms with E-state index in [2.05, 4.69) is 9.46 Å². The van der Waals surface area contributed by atoms with Crippen LogP contribution in [0.25, 0.3) is 0 Å². The first-order chi connectivity index (χ1) is 12.9. The Labute approximate surface area is 160 Å². The lowest BCUT2D eigenvalue weighted by Gasteiger charge is -2.28. The van der Waals surface area contributed by atoms with Crippen LogP contribution < -0.4 is 4.72 Å². The van der Waals surface area contributed by atoms with Gasteiger partial charge in [-0.05, 0) is 41.1 Å². The number of amides is 1. The van der Waals surface area contributed by atoms with E-state index in [0.717, 1.165) is 22.5 Å². The summed E-state index contributed by atoms with van der Waals surface area (Å²) in [5, 5.41) is 1.52. The Morgan fingerprint density at radius 1 is 1.15 bits per heavy atom. The zero-order chi connectivity index (χ0) is 19.6. The van der Waals surface area contributed by atoms with Gasteiger partial charge in [-0.1, -0.05) is 6.07 Å². The summed E-state index contributed by atoms with van der Waals surface area (Å²) in [5.74, 6) is -0.704. The summed E-state index contributed by atoms with van der Waals surface area (Å²) < 4.78 is 37.2. The molecule has 27 heavy (non-hydrogen) atoms. The van der Waals surface area contributed by atoms with Crippen LogP contribution >= 0.6 is 11.3 Å². The first kappa shape index (κ1) is 19.2. The molecule has 2 heterocycles. The Kier molecular flexibility index (Phi) is 5.38. The maximum atomic E-state index is 12.7. The number of ether oxygens (including phenoxy) is 2. The van der Waals surface area contributed by atoms with Gasteiger partial charge in [-0.3, -0.25) is 4.72 Å². The molecule has 1 amide bonds. The number of esters is 1. The third-order valence-electron chi connectivity index (χ3n) is 4.19. The maximum absolute atomic E-state index is 12.7. The van der Waals surface area contributed by atoms with E-state index in [0.29, 0.717) is 25.2 Å². The second-order valence-corrected chi connectivity index (χ2v) is 8.40. The molecule has 1 N–H and O–H groups in total. The highest BCUT2D eigenvalue weighted by atomic mass is 32.2. The zero-order valence-electron chi connectivity index (χ0n) is 14.7. The van der Waals surface area contributed by atoms with E-state index < -0.39 is 22.1 Å². The number of methoxy groups -OCH3 is 2. The fourth-order valence-corrected chi connectivity index (χ4v) is 5.25. The van der Waals surface area contributed by atoms with Crippen LogP contribution in [-0.2, 0) is 32.5 Å². The van der Waals surface area contributed by atoms with E-state index >= 15 is 0 Å². The minimum atomic E-state index is -3.96. The summed E-state index contributed by atoms with van der Waals surface area (Å²) in [4.78, 5) is 24.9. The van der Waals surface area contributed by atoms with Crippen molar-refractivity contribution in [3.8, 4) is 0 Å². The second kappa shape index (κ2) is 7.57. The van der Waals surface area contributed by atoms with E-state index in [1.54, 1.807) is 17.0 Å². The molecule has 3 rings (SSSR count). The molecule has 0 saturated carbocycles. The molecule has 1 aliphatic rings. The van der Waals surface area contributed by atoms with Crippen LogP contribution in [0.2, 0.25) is 0 Å². The molecule has 10 heteroatoms. The molecule has 8 nitrogen and oxygen atoms in total. The van der Waals surface area contributed by atoms with E-state index in [1.807, 2.05) is 6.07 Å². The highest BCUT2D eigenvalue weighted by Crippen LogP contribution is 2.27. The fourth-order valence-electron chi connectivity index (χ4n) is 2.87. The van der Waals surface area contributed by atoms with Gasteiger partial charge in [-0.25, -0.2) is 18.0 Å². The number of carbonyl (C=O) groups excluding carboxylic acids is 2. The number of sulfonamides is 1. The summed E-state index contributed by atoms with van der Waals surface area (Å²) in [6.45, 7) is 0.881. The van der Waals surface area contributed by atoms with Crippen LogP contribution in [0.15, 0.2) is 34.5 Å². The van der Waals surface area contributed by atoms with Crippen LogP contribution in [-0.4, -0.2) is 46.1 Å². The van der Waals surface area contributed by atoms with Gasteiger partial charge < -0.3 is 14.4 Å². The largest absolute Gasteiger partial charge is 0.465 e. The van der Waals surface area contributed by atoms with Crippen molar-refractivity contribution < 1.29 is 27.5 Å². The van der Waals surface area contributed by atoms with Gasteiger partial charge >= 0.3 is 12.1 Å². The Bertz CT molecular complexity index is 983. The van der Waals surface area contributed by atoms with Crippen LogP contribution in [0.5, 0.6) is 0 Å². The molecule has 2 aromatic rings. The lowest BCUT2D eigenvalue weighted by molar-refractivity contribution is 0.0602. The highest BCUT2D eigenvalue weighted by Gasteiger charge is 2.26. The number of nitrogens with zero attached hydrogens (tertiary/aromatic N) is 1. The SMILES string of the molecule is COC(=O)c1sccc1S(=O)(=O)Nc1ccc2c(c1)CN(C(=O)OC)CC2. The first-order valence-corrected chi connectivity index (χ1v) is 10.4. The lowest BCUT2D eigenvalue weighted by Crippen LogP contribution is -2.35. The van der Waals surface area contributed by atoms with Gasteiger partial charge in [0.1, 0.15) is 9.77 Å². The van der Waals surface area contributed by atoms with Gasteiger partial charge in [-0.2, -0.15) is 0 Å². The molecule has 0 fully saturated rings. The van der Waals surface area contributed by atoms with E-state index in [9.17, 15) is 18.0 Å². The summed E-state index contributed by atoms with van der Waals surface area (Å²) in [5.41, 5.74) is 2.23. The molecule has 1 aromatic heterocycles. The number of benzene rings is 1. The number of rotatable bonds is 4. The van der Waals surface area contributed by atoms with Gasteiger partial charge in [-0.15, -0.1) is 11.3 Å². The van der Waals surface area contributed by atoms with Crippen molar-refractivity contribution in [2.24, 2.45) is 0 Å². The molecule has 0 saturated heterocycles. The summed E-state index contributed by atoms with van der Waals surface area (Å²) in [6.07, 6.45) is 0.238. The number of carbonyl (C=O) groups is 2. The van der Waals surface area contributed by atoms with Crippen molar-refractivity contribution in [2.75, 3.05) is 25.5 Å². The molecule has 0 bridgehead atoms. The lowest BCUT2D eigenvalue weighted by atomic mass is 9.99. The Hall–Kier alpha value is -2.59. The molecule has 144 valence electrons. The average molecular weight is 410 g/mol. The summed E-state index contributed by atoms with van der Waals surface area (Å²) in [7, 11) is -1.44. The van der Waals surface area contributed by atoms with Crippen LogP contribution in [0.1, 0.15) is 20.8 Å². The number of nitrogens with one attached hydrogen (secondary N) is 1. The molecule has 0 atom stereocenters. The minimum Gasteiger partial charge on any atom is -0.465 e. The van der Waals surface area contributed by atoms with Crippen molar-refractivity contribution in [3.63, 3.8) is 0 Å². The zero-order valence-corrected chi connectivity index (χ0v) is 16.4. The smallest absolute Gasteiger partial charge is 0.409 e. The fraction of sp³-hybridized carbons (Fsp3) is 0.294. The molecule has 1 aliphatic heterocycles. The number of thiophene rings is 1. The van der Waals surface area contributed by atoms with Crippen molar-refractivity contribution in [1.82, 2.24) is 4.90 Å². The normalized spacial score (nSPS) is 13.6. The molecular formula is C17H18N2O6S2. The number of anilines is 1. The van der Waals surface area contributed by atoms with Crippen molar-refractivity contribution in [2.45, 2.75) is 17.9 Å². The first-order valence-electron chi connectivity index (χ1n) is 7.99. The third kappa shape index (κ3) is 3.91. The standard InChI is InChI=1S/C17H18N2O6S2/c1-24-16(20)15-14(6-8-26-15)27(22,23)18-13-4-3-11-5-7-19(17(21)25-2)10-12(11)9-13/h3-4,6,8-9,18H,5,7,10H2,1-2H3. The van der Waals surface area contributed by atoms with Crippen molar-refractivity contribution in [1.29, 1.82) is 0 Å². The third-order valence-corrected chi connectivity index (χ3v) is 6.64. The van der Waals surface area contributed by atoms with Crippen LogP contribution in [0, 0.1) is 0 Å². The second-order valence-electron chi connectivity index (χ2n) is 5.84. The topological polar surface area (TPSA) is 102 Å². The van der Waals surface area contributed by atoms with Gasteiger partial charge in [0.2, 0.25) is 0 Å². The van der Waals surface area contributed by atoms with Crippen molar-refractivity contribution >= 4 is 39.1 Å². The maximum Gasteiger partial charge on any atom is 0.409 e. The monoisotopic (exact) mass is 410 g/mol. The minimum absolute atomic E-state index is 0.0137. The Morgan fingerprint density at radius 2 is 1.93 bits per heavy atom. The van der Waals surface area contributed by atoms with Crippen molar-refractivity contribution in [3.05, 3.63) is 45.6 Å². The van der Waals surface area contributed by atoms with Gasteiger partial charge in [0.15, 0.2) is 0 Å². The Morgan fingerprint density at radius 3 is 2.63 bits per heavy atom. The van der Waals surface area contributed by atoms with Crippen LogP contribution in [0.4, 0.5) is 10.5 Å². The molecular weight excluding hydrogens is 392 g/mol. The quantitative estimate of drug-likeness (QED) is 0.777. The Balaban J connectivity index is 1.86. The predicted molar refractivity (Wildman–Crippen MR) is 99.4 cm³/mol. The highest BCUT2D eigenvalue weighted by molar-refractivity contribution is 7.93. The number of fused-ring (bicyclic) bond motifs is 1. The van der Waals surface area contributed by atoms with Gasteiger partial charge in [0, 0.05) is 18.8 Å². The molecule has 0 radical (unpaired) electrons. The average Bonchev–Trinajstić information content (AvgIpc) is 3.16. The van der Waals surface area contributed by atoms with Crippen LogP contribution in [0.3, 0.4) is 0 Å². The molecule has 1 aromatic carbocycles. The summed E-state index contributed by atoms with van der Waals surface area (Å²) >= 11 is 0.997. The van der Waals surface area contributed by atoms with Gasteiger partial charge in [0.05, 0.1) is 14.2 Å². The van der Waals surface area contributed by atoms with E-state index in [-0.39, 0.29) is 9.77 Å². The molecule has 0 spiro atoms. The number of hydrogen-bond acceptors (Lipinski definition) is 7. The summed E-state index contributed by atoms with van der Waals surface area (Å²) in [6, 6.07) is 6.54. The van der Waals surface area contributed by atoms with Gasteiger partial charge in [0.25, 0.3) is 10.0 Å². The molecule has 0 unspecified atom stereocenters.